The molecule has 0 amide bonds. The van der Waals surface area contributed by atoms with E-state index >= 15 is 0 Å². The molecule has 1 aliphatic rings. The third kappa shape index (κ3) is 4.24. The van der Waals surface area contributed by atoms with E-state index in [2.05, 4.69) is 16.7 Å². The van der Waals surface area contributed by atoms with Gasteiger partial charge in [-0.3, -0.25) is 15.1 Å². The lowest BCUT2D eigenvalue weighted by Crippen LogP contribution is -2.13. The first-order valence-electron chi connectivity index (χ1n) is 9.16. The second kappa shape index (κ2) is 8.52. The van der Waals surface area contributed by atoms with Crippen molar-refractivity contribution in [2.75, 3.05) is 13.3 Å². The largest absolute Gasteiger partial charge is 0.454 e. The van der Waals surface area contributed by atoms with Gasteiger partial charge in [0.05, 0.1) is 35.0 Å². The van der Waals surface area contributed by atoms with E-state index in [0.717, 1.165) is 5.57 Å². The summed E-state index contributed by atoms with van der Waals surface area (Å²) in [4.78, 5) is 16.0. The summed E-state index contributed by atoms with van der Waals surface area (Å²) >= 11 is 1.28. The predicted octanol–water partition coefficient (Wildman–Crippen LogP) is 4.35. The fourth-order valence-corrected chi connectivity index (χ4v) is 3.73. The average molecular weight is 440 g/mol. The number of fused-ring (bicyclic) bond motifs is 1. The number of ether oxygens (including phenoxy) is 2. The first-order valence-corrected chi connectivity index (χ1v) is 10.0. The van der Waals surface area contributed by atoms with Crippen molar-refractivity contribution < 1.29 is 18.8 Å². The molecule has 10 heteroatoms. The van der Waals surface area contributed by atoms with Crippen molar-refractivity contribution in [1.29, 1.82) is 0 Å². The van der Waals surface area contributed by atoms with Gasteiger partial charge in [-0.15, -0.1) is 11.3 Å². The van der Waals surface area contributed by atoms with Crippen molar-refractivity contribution in [2.24, 2.45) is 10.1 Å². The normalized spacial score (nSPS) is 13.2. The monoisotopic (exact) mass is 440 g/mol. The van der Waals surface area contributed by atoms with Gasteiger partial charge >= 0.3 is 0 Å². The Hall–Kier alpha value is -3.79. The second-order valence-corrected chi connectivity index (χ2v) is 7.57. The van der Waals surface area contributed by atoms with E-state index in [1.54, 1.807) is 23.6 Å². The molecule has 0 aliphatic carbocycles. The Labute approximate surface area is 180 Å². The van der Waals surface area contributed by atoms with Crippen LogP contribution in [0, 0.1) is 15.9 Å². The first-order chi connectivity index (χ1) is 14.9. The van der Waals surface area contributed by atoms with Crippen molar-refractivity contribution in [3.8, 4) is 22.8 Å². The topological polar surface area (TPSA) is 91.2 Å². The first kappa shape index (κ1) is 20.5. The number of rotatable bonds is 6. The zero-order valence-electron chi connectivity index (χ0n) is 16.4. The van der Waals surface area contributed by atoms with Gasteiger partial charge in [-0.1, -0.05) is 24.3 Å². The lowest BCUT2D eigenvalue weighted by molar-refractivity contribution is -0.385. The molecule has 0 N–H and O–H groups in total. The van der Waals surface area contributed by atoms with E-state index in [1.807, 2.05) is 6.92 Å². The average Bonchev–Trinajstić information content (AvgIpc) is 3.36. The van der Waals surface area contributed by atoms with Gasteiger partial charge in [-0.25, -0.2) is 9.07 Å². The van der Waals surface area contributed by atoms with E-state index in [1.165, 1.54) is 40.4 Å². The molecule has 0 radical (unpaired) electrons. The third-order valence-corrected chi connectivity index (χ3v) is 5.20. The van der Waals surface area contributed by atoms with E-state index in [4.69, 9.17) is 9.47 Å². The van der Waals surface area contributed by atoms with Crippen molar-refractivity contribution in [1.82, 2.24) is 4.68 Å². The number of nitrogens with zero attached hydrogens (tertiary/aromatic N) is 4. The zero-order chi connectivity index (χ0) is 22.0. The van der Waals surface area contributed by atoms with Crippen LogP contribution in [0.4, 0.5) is 10.1 Å². The van der Waals surface area contributed by atoms with Crippen molar-refractivity contribution >= 4 is 23.2 Å². The van der Waals surface area contributed by atoms with E-state index < -0.39 is 10.7 Å². The fourth-order valence-electron chi connectivity index (χ4n) is 2.90. The van der Waals surface area contributed by atoms with E-state index in [-0.39, 0.29) is 18.0 Å². The highest BCUT2D eigenvalue weighted by Gasteiger charge is 2.22. The molecule has 2 aromatic carbocycles. The Balaban J connectivity index is 1.84. The number of nitro groups is 1. The van der Waals surface area contributed by atoms with Crippen molar-refractivity contribution in [3.05, 3.63) is 80.2 Å². The third-order valence-electron chi connectivity index (χ3n) is 4.35. The molecule has 0 spiro atoms. The highest BCUT2D eigenvalue weighted by atomic mass is 32.1. The number of aromatic nitrogens is 1. The van der Waals surface area contributed by atoms with Gasteiger partial charge in [-0.05, 0) is 25.1 Å². The lowest BCUT2D eigenvalue weighted by atomic mass is 10.1. The van der Waals surface area contributed by atoms with Crippen LogP contribution < -0.4 is 14.3 Å². The molecular weight excluding hydrogens is 423 g/mol. The summed E-state index contributed by atoms with van der Waals surface area (Å²) in [5.74, 6) is 0.282. The van der Waals surface area contributed by atoms with Crippen LogP contribution in [0.3, 0.4) is 0 Å². The zero-order valence-corrected chi connectivity index (χ0v) is 17.3. The maximum absolute atomic E-state index is 14.4. The number of thiazole rings is 1. The van der Waals surface area contributed by atoms with Crippen LogP contribution in [-0.4, -0.2) is 29.2 Å². The summed E-state index contributed by atoms with van der Waals surface area (Å²) in [5, 5.41) is 17.7. The Morgan fingerprint density at radius 1 is 1.35 bits per heavy atom. The predicted molar refractivity (Wildman–Crippen MR) is 115 cm³/mol. The van der Waals surface area contributed by atoms with E-state index in [0.29, 0.717) is 34.1 Å². The summed E-state index contributed by atoms with van der Waals surface area (Å²) in [7, 11) is 0. The number of hydrogen-bond donors (Lipinski definition) is 0. The Bertz CT molecular complexity index is 1280. The van der Waals surface area contributed by atoms with Crippen LogP contribution >= 0.6 is 11.3 Å². The molecule has 1 aliphatic heterocycles. The summed E-state index contributed by atoms with van der Waals surface area (Å²) in [6.45, 7) is 6.05. The molecule has 8 nitrogen and oxygen atoms in total. The van der Waals surface area contributed by atoms with Crippen molar-refractivity contribution in [3.63, 3.8) is 0 Å². The molecule has 0 saturated carbocycles. The van der Waals surface area contributed by atoms with Gasteiger partial charge in [0.2, 0.25) is 11.6 Å². The highest BCUT2D eigenvalue weighted by Crippen LogP contribution is 2.37. The summed E-state index contributed by atoms with van der Waals surface area (Å²) in [6.07, 6.45) is 1.33. The molecule has 0 atom stereocenters. The smallest absolute Gasteiger partial charge is 0.282 e. The molecule has 2 heterocycles. The summed E-state index contributed by atoms with van der Waals surface area (Å²) < 4.78 is 26.4. The molecule has 4 rings (SSSR count). The summed E-state index contributed by atoms with van der Waals surface area (Å²) in [5.41, 5.74) is 1.70. The molecule has 0 saturated heterocycles. The van der Waals surface area contributed by atoms with Crippen LogP contribution in [0.5, 0.6) is 11.5 Å². The molecule has 0 fully saturated rings. The number of nitro benzene ring substituents is 1. The second-order valence-electron chi connectivity index (χ2n) is 6.73. The number of hydrogen-bond acceptors (Lipinski definition) is 7. The molecule has 3 aromatic rings. The van der Waals surface area contributed by atoms with Crippen molar-refractivity contribution in [2.45, 2.75) is 6.92 Å². The molecule has 0 bridgehead atoms. The SMILES string of the molecule is C=C(C)CN=c1scc(-c2ccccc2F)n1N=Cc1cc2c(cc1[N+](=O)[O-])OCO2. The fraction of sp³-hybridized carbons (Fsp3) is 0.143. The molecule has 1 aromatic heterocycles. The number of benzene rings is 2. The minimum atomic E-state index is -0.522. The standard InChI is InChI=1S/C21H17FN4O4S/c1-13(2)9-23-21-25(18(11-31-21)15-5-3-4-6-16(15)22)24-10-14-7-19-20(30-12-29-19)8-17(14)26(27)28/h3-8,10-11H,1,9,12H2,2H3. The number of halogens is 1. The van der Waals surface area contributed by atoms with Crippen LogP contribution in [0.1, 0.15) is 12.5 Å². The Morgan fingerprint density at radius 3 is 2.81 bits per heavy atom. The van der Waals surface area contributed by atoms with Gasteiger partial charge in [-0.2, -0.15) is 5.10 Å². The minimum absolute atomic E-state index is 0.00622. The van der Waals surface area contributed by atoms with Crippen LogP contribution in [0.15, 0.2) is 64.0 Å². The van der Waals surface area contributed by atoms with Gasteiger partial charge in [0.15, 0.2) is 11.5 Å². The van der Waals surface area contributed by atoms with E-state index in [9.17, 15) is 14.5 Å². The van der Waals surface area contributed by atoms with Gasteiger partial charge in [0, 0.05) is 10.9 Å². The maximum Gasteiger partial charge on any atom is 0.282 e. The quantitative estimate of drug-likeness (QED) is 0.247. The minimum Gasteiger partial charge on any atom is -0.454 e. The van der Waals surface area contributed by atoms with Crippen LogP contribution in [0.25, 0.3) is 11.3 Å². The molecule has 0 unspecified atom stereocenters. The van der Waals surface area contributed by atoms with Gasteiger partial charge < -0.3 is 9.47 Å². The summed E-state index contributed by atoms with van der Waals surface area (Å²) in [6, 6.07) is 9.10. The Kier molecular flexibility index (Phi) is 5.63. The van der Waals surface area contributed by atoms with Gasteiger partial charge in [0.1, 0.15) is 5.82 Å². The Morgan fingerprint density at radius 2 is 2.10 bits per heavy atom. The highest BCUT2D eigenvalue weighted by molar-refractivity contribution is 7.07. The molecule has 31 heavy (non-hydrogen) atoms. The van der Waals surface area contributed by atoms with Gasteiger partial charge in [0.25, 0.3) is 5.69 Å². The van der Waals surface area contributed by atoms with Crippen LogP contribution in [-0.2, 0) is 0 Å². The molecule has 158 valence electrons. The molecular formula is C21H17FN4O4S. The maximum atomic E-state index is 14.4. The van der Waals surface area contributed by atoms with Crippen LogP contribution in [0.2, 0.25) is 0 Å². The lowest BCUT2D eigenvalue weighted by Gasteiger charge is -2.05.